The molecular weight excluding hydrogens is 276 g/mol. The van der Waals surface area contributed by atoms with Crippen molar-refractivity contribution in [1.29, 1.82) is 0 Å². The van der Waals surface area contributed by atoms with E-state index in [2.05, 4.69) is 15.3 Å². The molecule has 0 atom stereocenters. The quantitative estimate of drug-likeness (QED) is 0.873. The van der Waals surface area contributed by atoms with Gasteiger partial charge in [0.05, 0.1) is 6.20 Å². The van der Waals surface area contributed by atoms with Crippen LogP contribution in [0.15, 0.2) is 30.5 Å². The Hall–Kier alpha value is -1.39. The summed E-state index contributed by atoms with van der Waals surface area (Å²) >= 11 is 11.5. The van der Waals surface area contributed by atoms with Gasteiger partial charge in [-0.2, -0.15) is 4.98 Å². The Kier molecular flexibility index (Phi) is 4.33. The summed E-state index contributed by atoms with van der Waals surface area (Å²) in [5.74, 6) is 0.235. The molecule has 3 nitrogen and oxygen atoms in total. The molecule has 0 aliphatic heterocycles. The first kappa shape index (κ1) is 13.1. The molecule has 18 heavy (non-hydrogen) atoms. The van der Waals surface area contributed by atoms with Gasteiger partial charge < -0.3 is 5.32 Å². The molecule has 1 aromatic heterocycles. The zero-order valence-electron chi connectivity index (χ0n) is 9.33. The van der Waals surface area contributed by atoms with E-state index in [4.69, 9.17) is 23.2 Å². The van der Waals surface area contributed by atoms with Crippen molar-refractivity contribution in [2.24, 2.45) is 0 Å². The molecule has 6 heteroatoms. The van der Waals surface area contributed by atoms with Crippen LogP contribution in [0.3, 0.4) is 0 Å². The maximum atomic E-state index is 13.4. The molecule has 2 aromatic rings. The highest BCUT2D eigenvalue weighted by molar-refractivity contribution is 6.33. The number of halogens is 3. The molecule has 0 saturated carbocycles. The lowest BCUT2D eigenvalue weighted by Crippen LogP contribution is -2.08. The second-order valence-electron chi connectivity index (χ2n) is 3.60. The van der Waals surface area contributed by atoms with Gasteiger partial charge in [-0.05, 0) is 29.7 Å². The smallest absolute Gasteiger partial charge is 0.224 e. The number of benzene rings is 1. The normalized spacial score (nSPS) is 10.4. The van der Waals surface area contributed by atoms with Crippen LogP contribution in [-0.2, 0) is 6.42 Å². The van der Waals surface area contributed by atoms with Crippen molar-refractivity contribution in [2.45, 2.75) is 6.42 Å². The van der Waals surface area contributed by atoms with Crippen LogP contribution in [0.5, 0.6) is 0 Å². The number of hydrogen-bond acceptors (Lipinski definition) is 3. The second-order valence-corrected chi connectivity index (χ2v) is 4.35. The second kappa shape index (κ2) is 5.98. The van der Waals surface area contributed by atoms with Crippen LogP contribution in [0, 0.1) is 5.82 Å². The van der Waals surface area contributed by atoms with Crippen LogP contribution < -0.4 is 5.32 Å². The van der Waals surface area contributed by atoms with Crippen LogP contribution in [0.4, 0.5) is 10.2 Å². The van der Waals surface area contributed by atoms with Gasteiger partial charge in [0.1, 0.15) is 16.7 Å². The number of nitrogens with zero attached hydrogens (tertiary/aromatic N) is 2. The van der Waals surface area contributed by atoms with E-state index in [0.717, 1.165) is 0 Å². The highest BCUT2D eigenvalue weighted by atomic mass is 35.5. The van der Waals surface area contributed by atoms with Crippen molar-refractivity contribution in [1.82, 2.24) is 9.97 Å². The Morgan fingerprint density at radius 1 is 1.22 bits per heavy atom. The lowest BCUT2D eigenvalue weighted by atomic mass is 10.1. The summed E-state index contributed by atoms with van der Waals surface area (Å²) in [7, 11) is 0. The van der Waals surface area contributed by atoms with Gasteiger partial charge in [0, 0.05) is 6.54 Å². The van der Waals surface area contributed by atoms with Crippen LogP contribution >= 0.6 is 23.2 Å². The third kappa shape index (κ3) is 3.31. The van der Waals surface area contributed by atoms with Crippen molar-refractivity contribution in [3.63, 3.8) is 0 Å². The summed E-state index contributed by atoms with van der Waals surface area (Å²) in [4.78, 5) is 7.69. The lowest BCUT2D eigenvalue weighted by Gasteiger charge is -2.07. The predicted octanol–water partition coefficient (Wildman–Crippen LogP) is 3.58. The van der Waals surface area contributed by atoms with Gasteiger partial charge in [-0.15, -0.1) is 0 Å². The van der Waals surface area contributed by atoms with E-state index in [1.165, 1.54) is 12.3 Å². The summed E-state index contributed by atoms with van der Waals surface area (Å²) in [6.07, 6.45) is 1.95. The maximum Gasteiger partial charge on any atom is 0.224 e. The molecule has 0 aliphatic carbocycles. The van der Waals surface area contributed by atoms with Crippen molar-refractivity contribution < 1.29 is 4.39 Å². The van der Waals surface area contributed by atoms with Crippen molar-refractivity contribution in [2.75, 3.05) is 11.9 Å². The third-order valence-electron chi connectivity index (χ3n) is 2.36. The molecule has 0 amide bonds. The van der Waals surface area contributed by atoms with Gasteiger partial charge in [0.25, 0.3) is 0 Å². The van der Waals surface area contributed by atoms with E-state index in [-0.39, 0.29) is 11.1 Å². The maximum absolute atomic E-state index is 13.4. The Balaban J connectivity index is 1.96. The first-order valence-electron chi connectivity index (χ1n) is 5.32. The van der Waals surface area contributed by atoms with Crippen molar-refractivity contribution >= 4 is 29.0 Å². The molecule has 1 N–H and O–H groups in total. The molecule has 1 heterocycles. The van der Waals surface area contributed by atoms with Crippen molar-refractivity contribution in [3.8, 4) is 0 Å². The van der Waals surface area contributed by atoms with E-state index in [1.807, 2.05) is 0 Å². The molecule has 0 unspecified atom stereocenters. The average molecular weight is 286 g/mol. The largest absolute Gasteiger partial charge is 0.368 e. The van der Waals surface area contributed by atoms with Crippen LogP contribution in [0.1, 0.15) is 5.56 Å². The number of aromatic nitrogens is 2. The highest BCUT2D eigenvalue weighted by Gasteiger charge is 2.04. The van der Waals surface area contributed by atoms with E-state index >= 15 is 0 Å². The number of rotatable bonds is 4. The fourth-order valence-corrected chi connectivity index (χ4v) is 1.78. The van der Waals surface area contributed by atoms with Crippen LogP contribution in [-0.4, -0.2) is 16.5 Å². The Bertz CT molecular complexity index is 549. The fourth-order valence-electron chi connectivity index (χ4n) is 1.49. The molecule has 0 aliphatic rings. The lowest BCUT2D eigenvalue weighted by molar-refractivity contribution is 0.610. The molecular formula is C12H10Cl2FN3. The van der Waals surface area contributed by atoms with Gasteiger partial charge >= 0.3 is 0 Å². The third-order valence-corrected chi connectivity index (χ3v) is 2.82. The molecule has 1 aromatic carbocycles. The van der Waals surface area contributed by atoms with Gasteiger partial charge in [0.2, 0.25) is 5.28 Å². The fraction of sp³-hybridized carbons (Fsp3) is 0.167. The predicted molar refractivity (Wildman–Crippen MR) is 70.6 cm³/mol. The standard InChI is InChI=1S/C12H10Cl2FN3/c13-9-7-17-12(14)18-11(9)16-6-5-8-3-1-2-4-10(8)15/h1-4,7H,5-6H2,(H,16,17,18). The van der Waals surface area contributed by atoms with Gasteiger partial charge in [0.15, 0.2) is 0 Å². The summed E-state index contributed by atoms with van der Waals surface area (Å²) in [5.41, 5.74) is 0.640. The van der Waals surface area contributed by atoms with Gasteiger partial charge in [-0.1, -0.05) is 29.8 Å². The van der Waals surface area contributed by atoms with Crippen molar-refractivity contribution in [3.05, 3.63) is 52.1 Å². The van der Waals surface area contributed by atoms with Crippen LogP contribution in [0.2, 0.25) is 10.3 Å². The summed E-state index contributed by atoms with van der Waals surface area (Å²) in [6, 6.07) is 6.63. The zero-order valence-corrected chi connectivity index (χ0v) is 10.8. The topological polar surface area (TPSA) is 37.8 Å². The minimum Gasteiger partial charge on any atom is -0.368 e. The zero-order chi connectivity index (χ0) is 13.0. The molecule has 0 fully saturated rings. The molecule has 2 rings (SSSR count). The number of nitrogens with one attached hydrogen (secondary N) is 1. The Morgan fingerprint density at radius 3 is 2.78 bits per heavy atom. The number of anilines is 1. The van der Waals surface area contributed by atoms with Gasteiger partial charge in [-0.25, -0.2) is 9.37 Å². The average Bonchev–Trinajstić information content (AvgIpc) is 2.36. The Morgan fingerprint density at radius 2 is 2.00 bits per heavy atom. The van der Waals surface area contributed by atoms with E-state index in [1.54, 1.807) is 18.2 Å². The SMILES string of the molecule is Fc1ccccc1CCNc1nc(Cl)ncc1Cl. The molecule has 94 valence electrons. The minimum absolute atomic E-state index is 0.118. The summed E-state index contributed by atoms with van der Waals surface area (Å²) in [5, 5.41) is 3.50. The molecule has 0 radical (unpaired) electrons. The highest BCUT2D eigenvalue weighted by Crippen LogP contribution is 2.19. The van der Waals surface area contributed by atoms with E-state index in [9.17, 15) is 4.39 Å². The first-order valence-corrected chi connectivity index (χ1v) is 6.08. The molecule has 0 spiro atoms. The van der Waals surface area contributed by atoms with E-state index < -0.39 is 0 Å². The molecule has 0 bridgehead atoms. The Labute approximate surface area is 114 Å². The molecule has 0 saturated heterocycles. The van der Waals surface area contributed by atoms with Gasteiger partial charge in [-0.3, -0.25) is 0 Å². The van der Waals surface area contributed by atoms with E-state index in [0.29, 0.717) is 29.4 Å². The van der Waals surface area contributed by atoms with Crippen LogP contribution in [0.25, 0.3) is 0 Å². The number of hydrogen-bond donors (Lipinski definition) is 1. The first-order chi connectivity index (χ1) is 8.66. The monoisotopic (exact) mass is 285 g/mol. The minimum atomic E-state index is -0.217. The summed E-state index contributed by atoms with van der Waals surface area (Å²) in [6.45, 7) is 0.508. The summed E-state index contributed by atoms with van der Waals surface area (Å²) < 4.78 is 13.4.